The second-order valence-electron chi connectivity index (χ2n) is 5.15. The third kappa shape index (κ3) is 2.58. The van der Waals surface area contributed by atoms with Crippen molar-refractivity contribution in [3.05, 3.63) is 35.4 Å². The van der Waals surface area contributed by atoms with Gasteiger partial charge in [0.2, 0.25) is 0 Å². The highest BCUT2D eigenvalue weighted by Gasteiger charge is 2.41. The summed E-state index contributed by atoms with van der Waals surface area (Å²) in [6.07, 6.45) is 0.522. The van der Waals surface area contributed by atoms with E-state index in [9.17, 15) is 13.5 Å². The number of rotatable bonds is 3. The lowest BCUT2D eigenvalue weighted by Crippen LogP contribution is -2.32. The number of benzene rings is 1. The van der Waals surface area contributed by atoms with Crippen molar-refractivity contribution in [3.8, 4) is 0 Å². The van der Waals surface area contributed by atoms with Crippen molar-refractivity contribution >= 4 is 9.84 Å². The molecule has 100 valence electrons. The topological polar surface area (TPSA) is 80.4 Å². The van der Waals surface area contributed by atoms with Crippen molar-refractivity contribution in [2.75, 3.05) is 11.5 Å². The highest BCUT2D eigenvalue weighted by molar-refractivity contribution is 7.91. The number of hydrogen-bond donors (Lipinski definition) is 2. The molecule has 1 aliphatic rings. The normalized spacial score (nSPS) is 25.8. The van der Waals surface area contributed by atoms with Crippen LogP contribution in [0.5, 0.6) is 0 Å². The summed E-state index contributed by atoms with van der Waals surface area (Å²) in [6, 6.07) is 7.39. The van der Waals surface area contributed by atoms with Crippen LogP contribution in [0.25, 0.3) is 0 Å². The molecule has 18 heavy (non-hydrogen) atoms. The summed E-state index contributed by atoms with van der Waals surface area (Å²) in [5, 5.41) is 10.6. The van der Waals surface area contributed by atoms with Gasteiger partial charge in [-0.25, -0.2) is 8.42 Å². The van der Waals surface area contributed by atoms with Gasteiger partial charge in [-0.3, -0.25) is 0 Å². The van der Waals surface area contributed by atoms with Crippen LogP contribution >= 0.6 is 0 Å². The quantitative estimate of drug-likeness (QED) is 0.850. The van der Waals surface area contributed by atoms with E-state index in [0.717, 1.165) is 11.1 Å². The second kappa shape index (κ2) is 4.64. The molecule has 2 atom stereocenters. The van der Waals surface area contributed by atoms with E-state index in [2.05, 4.69) is 0 Å². The van der Waals surface area contributed by atoms with Gasteiger partial charge in [0.1, 0.15) is 0 Å². The Morgan fingerprint density at radius 3 is 2.44 bits per heavy atom. The molecule has 1 fully saturated rings. The van der Waals surface area contributed by atoms with Crippen molar-refractivity contribution in [1.82, 2.24) is 0 Å². The van der Waals surface area contributed by atoms with Crippen molar-refractivity contribution in [1.29, 1.82) is 0 Å². The molecule has 0 radical (unpaired) electrons. The van der Waals surface area contributed by atoms with Crippen LogP contribution in [0.2, 0.25) is 0 Å². The minimum atomic E-state index is -2.98. The molecule has 2 rings (SSSR count). The molecule has 0 saturated carbocycles. The molecular weight excluding hydrogens is 250 g/mol. The number of hydrogen-bond acceptors (Lipinski definition) is 4. The molecule has 5 heteroatoms. The van der Waals surface area contributed by atoms with Gasteiger partial charge in [-0.15, -0.1) is 0 Å². The first-order valence-corrected chi connectivity index (χ1v) is 7.89. The lowest BCUT2D eigenvalue weighted by Gasteiger charge is -2.30. The van der Waals surface area contributed by atoms with Crippen molar-refractivity contribution < 1.29 is 13.5 Å². The van der Waals surface area contributed by atoms with E-state index < -0.39 is 15.4 Å². The summed E-state index contributed by atoms with van der Waals surface area (Å²) in [5.74, 6) is 0.0130. The smallest absolute Gasteiger partial charge is 0.150 e. The molecular formula is C13H19NO3S. The molecule has 0 spiro atoms. The first-order valence-electron chi connectivity index (χ1n) is 6.07. The van der Waals surface area contributed by atoms with Gasteiger partial charge in [0.15, 0.2) is 9.84 Å². The lowest BCUT2D eigenvalue weighted by molar-refractivity contribution is 0.00451. The third-order valence-electron chi connectivity index (χ3n) is 3.80. The number of sulfone groups is 1. The fraction of sp³-hybridized carbons (Fsp3) is 0.538. The molecule has 1 saturated heterocycles. The lowest BCUT2D eigenvalue weighted by atomic mass is 9.82. The third-order valence-corrected chi connectivity index (χ3v) is 5.57. The van der Waals surface area contributed by atoms with E-state index in [1.165, 1.54) is 0 Å². The summed E-state index contributed by atoms with van der Waals surface area (Å²) in [6.45, 7) is 2.15. The van der Waals surface area contributed by atoms with Crippen LogP contribution in [0.3, 0.4) is 0 Å². The summed E-state index contributed by atoms with van der Waals surface area (Å²) < 4.78 is 23.0. The number of aliphatic hydroxyl groups is 1. The second-order valence-corrected chi connectivity index (χ2v) is 7.38. The van der Waals surface area contributed by atoms with Gasteiger partial charge in [0.05, 0.1) is 17.1 Å². The minimum Gasteiger partial charge on any atom is -0.385 e. The van der Waals surface area contributed by atoms with Crippen LogP contribution < -0.4 is 5.73 Å². The van der Waals surface area contributed by atoms with Crippen LogP contribution in [0.15, 0.2) is 24.3 Å². The Hall–Kier alpha value is -0.910. The minimum absolute atomic E-state index is 0.0681. The monoisotopic (exact) mass is 269 g/mol. The van der Waals surface area contributed by atoms with E-state index >= 15 is 0 Å². The maximum atomic E-state index is 11.5. The first-order chi connectivity index (χ1) is 8.35. The SMILES string of the molecule is CC(O)(c1ccc(CN)cc1)C1CCS(=O)(=O)C1. The maximum absolute atomic E-state index is 11.5. The van der Waals surface area contributed by atoms with E-state index in [0.29, 0.717) is 13.0 Å². The molecule has 0 aliphatic carbocycles. The average Bonchev–Trinajstić information content (AvgIpc) is 2.70. The average molecular weight is 269 g/mol. The number of nitrogens with two attached hydrogens (primary N) is 1. The van der Waals surface area contributed by atoms with Gasteiger partial charge in [-0.05, 0) is 24.5 Å². The molecule has 2 unspecified atom stereocenters. The molecule has 1 aromatic rings. The van der Waals surface area contributed by atoms with Gasteiger partial charge < -0.3 is 10.8 Å². The Bertz CT molecular complexity index is 520. The fourth-order valence-electron chi connectivity index (χ4n) is 2.45. The van der Waals surface area contributed by atoms with Crippen molar-refractivity contribution in [3.63, 3.8) is 0 Å². The van der Waals surface area contributed by atoms with Crippen molar-refractivity contribution in [2.24, 2.45) is 11.7 Å². The Kier molecular flexibility index (Phi) is 3.49. The first kappa shape index (κ1) is 13.5. The highest BCUT2D eigenvalue weighted by Crippen LogP contribution is 2.36. The van der Waals surface area contributed by atoms with E-state index in [1.807, 2.05) is 24.3 Å². The zero-order chi connectivity index (χ0) is 13.4. The largest absolute Gasteiger partial charge is 0.385 e. The van der Waals surface area contributed by atoms with Gasteiger partial charge in [-0.1, -0.05) is 24.3 Å². The van der Waals surface area contributed by atoms with Crippen LogP contribution in [0, 0.1) is 5.92 Å². The summed E-state index contributed by atoms with van der Waals surface area (Å²) in [4.78, 5) is 0. The highest BCUT2D eigenvalue weighted by atomic mass is 32.2. The van der Waals surface area contributed by atoms with E-state index in [4.69, 9.17) is 5.73 Å². The van der Waals surface area contributed by atoms with Gasteiger partial charge in [-0.2, -0.15) is 0 Å². The predicted octanol–water partition coefficient (Wildman–Crippen LogP) is 0.788. The van der Waals surface area contributed by atoms with E-state index in [1.54, 1.807) is 6.92 Å². The summed E-state index contributed by atoms with van der Waals surface area (Å²) in [5.41, 5.74) is 6.17. The molecule has 0 aromatic heterocycles. The standard InChI is InChI=1S/C13H19NO3S/c1-13(15,12-6-7-18(16,17)9-12)11-4-2-10(8-14)3-5-11/h2-5,12,15H,6-9,14H2,1H3. The molecule has 3 N–H and O–H groups in total. The van der Waals surface area contributed by atoms with Crippen molar-refractivity contribution in [2.45, 2.75) is 25.5 Å². The Morgan fingerprint density at radius 1 is 1.39 bits per heavy atom. The Morgan fingerprint density at radius 2 is 2.00 bits per heavy atom. The van der Waals surface area contributed by atoms with Crippen LogP contribution in [0.1, 0.15) is 24.5 Å². The molecule has 0 amide bonds. The zero-order valence-electron chi connectivity index (χ0n) is 10.5. The fourth-order valence-corrected chi connectivity index (χ4v) is 4.37. The van der Waals surface area contributed by atoms with Crippen LogP contribution in [-0.2, 0) is 22.0 Å². The zero-order valence-corrected chi connectivity index (χ0v) is 11.3. The summed E-state index contributed by atoms with van der Waals surface area (Å²) >= 11 is 0. The Labute approximate surface area is 108 Å². The molecule has 1 aromatic carbocycles. The summed E-state index contributed by atoms with van der Waals surface area (Å²) in [7, 11) is -2.98. The van der Waals surface area contributed by atoms with Gasteiger partial charge in [0.25, 0.3) is 0 Å². The van der Waals surface area contributed by atoms with E-state index in [-0.39, 0.29) is 17.4 Å². The van der Waals surface area contributed by atoms with Crippen LogP contribution in [0.4, 0.5) is 0 Å². The molecule has 1 aliphatic heterocycles. The Balaban J connectivity index is 2.24. The van der Waals surface area contributed by atoms with Gasteiger partial charge >= 0.3 is 0 Å². The molecule has 0 bridgehead atoms. The molecule has 1 heterocycles. The maximum Gasteiger partial charge on any atom is 0.150 e. The predicted molar refractivity (Wildman–Crippen MR) is 70.7 cm³/mol. The van der Waals surface area contributed by atoms with Gasteiger partial charge in [0, 0.05) is 12.5 Å². The molecule has 4 nitrogen and oxygen atoms in total. The van der Waals surface area contributed by atoms with Crippen LogP contribution in [-0.4, -0.2) is 25.0 Å².